The van der Waals surface area contributed by atoms with Gasteiger partial charge in [-0.3, -0.25) is 5.84 Å². The third-order valence-corrected chi connectivity index (χ3v) is 2.95. The minimum absolute atomic E-state index is 0.705. The van der Waals surface area contributed by atoms with E-state index in [4.69, 9.17) is 12.2 Å². The maximum Gasteiger partial charge on any atom is 0.216 e. The van der Waals surface area contributed by atoms with E-state index in [1.807, 2.05) is 17.9 Å². The Morgan fingerprint density at radius 3 is 3.21 bits per heavy atom. The SMILES string of the molecule is Cn1cnc2c1CN(C(=S)N[NH3+])CC2. The van der Waals surface area contributed by atoms with Crippen molar-refractivity contribution in [2.45, 2.75) is 13.0 Å². The van der Waals surface area contributed by atoms with Gasteiger partial charge in [-0.15, -0.1) is 0 Å². The van der Waals surface area contributed by atoms with Gasteiger partial charge in [0.15, 0.2) is 0 Å². The van der Waals surface area contributed by atoms with E-state index in [0.29, 0.717) is 5.11 Å². The molecule has 2 heterocycles. The number of hydrogen-bond donors (Lipinski definition) is 2. The maximum absolute atomic E-state index is 5.14. The number of aromatic nitrogens is 2. The Labute approximate surface area is 87.9 Å². The lowest BCUT2D eigenvalue weighted by atomic mass is 10.1. The van der Waals surface area contributed by atoms with Crippen molar-refractivity contribution < 1.29 is 5.84 Å². The second kappa shape index (κ2) is 3.55. The van der Waals surface area contributed by atoms with Crippen LogP contribution in [0.4, 0.5) is 0 Å². The fourth-order valence-corrected chi connectivity index (χ4v) is 1.86. The number of nitrogens with one attached hydrogen (secondary N) is 1. The lowest BCUT2D eigenvalue weighted by Gasteiger charge is -2.27. The van der Waals surface area contributed by atoms with Gasteiger partial charge in [-0.2, -0.15) is 0 Å². The van der Waals surface area contributed by atoms with Gasteiger partial charge in [0.1, 0.15) is 0 Å². The van der Waals surface area contributed by atoms with Crippen LogP contribution in [0.1, 0.15) is 11.4 Å². The number of hydrogen-bond acceptors (Lipinski definition) is 2. The molecule has 0 aliphatic carbocycles. The Balaban J connectivity index is 2.20. The molecule has 0 aromatic carbocycles. The highest BCUT2D eigenvalue weighted by molar-refractivity contribution is 7.80. The normalized spacial score (nSPS) is 15.1. The molecular formula is C8H14N5S+. The molecule has 14 heavy (non-hydrogen) atoms. The van der Waals surface area contributed by atoms with Gasteiger partial charge < -0.3 is 9.47 Å². The van der Waals surface area contributed by atoms with Crippen molar-refractivity contribution in [3.05, 3.63) is 17.7 Å². The Bertz CT molecular complexity index is 359. The molecule has 1 aliphatic rings. The topological polar surface area (TPSA) is 60.7 Å². The number of imidazole rings is 1. The van der Waals surface area contributed by atoms with Crippen molar-refractivity contribution in [3.63, 3.8) is 0 Å². The molecule has 1 aliphatic heterocycles. The first kappa shape index (κ1) is 9.42. The average Bonchev–Trinajstić information content (AvgIpc) is 2.59. The van der Waals surface area contributed by atoms with Crippen molar-refractivity contribution in [1.82, 2.24) is 19.9 Å². The Kier molecular flexibility index (Phi) is 2.39. The summed E-state index contributed by atoms with van der Waals surface area (Å²) in [5.41, 5.74) is 5.19. The van der Waals surface area contributed by atoms with Gasteiger partial charge >= 0.3 is 0 Å². The third kappa shape index (κ3) is 1.46. The largest absolute Gasteiger partial charge is 0.339 e. The highest BCUT2D eigenvalue weighted by atomic mass is 32.1. The second-order valence-corrected chi connectivity index (χ2v) is 3.79. The third-order valence-electron chi connectivity index (χ3n) is 2.54. The van der Waals surface area contributed by atoms with E-state index in [0.717, 1.165) is 19.5 Å². The molecule has 4 N–H and O–H groups in total. The predicted octanol–water partition coefficient (Wildman–Crippen LogP) is -1.19. The first-order valence-corrected chi connectivity index (χ1v) is 4.94. The average molecular weight is 212 g/mol. The van der Waals surface area contributed by atoms with Crippen molar-refractivity contribution in [1.29, 1.82) is 0 Å². The van der Waals surface area contributed by atoms with Gasteiger partial charge in [0.2, 0.25) is 5.11 Å². The van der Waals surface area contributed by atoms with E-state index in [1.165, 1.54) is 11.4 Å². The van der Waals surface area contributed by atoms with Crippen LogP contribution < -0.4 is 11.3 Å². The summed E-state index contributed by atoms with van der Waals surface area (Å²) in [6.45, 7) is 1.75. The number of nitrogens with zero attached hydrogens (tertiary/aromatic N) is 3. The molecule has 0 saturated heterocycles. The molecule has 0 spiro atoms. The van der Waals surface area contributed by atoms with Crippen LogP contribution in [0.15, 0.2) is 6.33 Å². The monoisotopic (exact) mass is 212 g/mol. The molecule has 0 unspecified atom stereocenters. The minimum atomic E-state index is 0.705. The summed E-state index contributed by atoms with van der Waals surface area (Å²) in [6, 6.07) is 0. The zero-order valence-corrected chi connectivity index (χ0v) is 8.97. The summed E-state index contributed by atoms with van der Waals surface area (Å²) in [6.07, 6.45) is 2.81. The molecule has 1 aromatic heterocycles. The van der Waals surface area contributed by atoms with Gasteiger partial charge in [0, 0.05) is 20.0 Å². The number of rotatable bonds is 0. The lowest BCUT2D eigenvalue weighted by molar-refractivity contribution is -0.420. The number of quaternary nitrogens is 1. The van der Waals surface area contributed by atoms with Gasteiger partial charge in [-0.25, -0.2) is 10.4 Å². The smallest absolute Gasteiger partial charge is 0.216 e. The number of fused-ring (bicyclic) bond motifs is 1. The van der Waals surface area contributed by atoms with Crippen molar-refractivity contribution in [2.75, 3.05) is 6.54 Å². The summed E-state index contributed by atoms with van der Waals surface area (Å²) in [5.74, 6) is 3.57. The van der Waals surface area contributed by atoms with E-state index in [1.54, 1.807) is 0 Å². The maximum atomic E-state index is 5.14. The van der Waals surface area contributed by atoms with E-state index < -0.39 is 0 Å². The molecule has 0 saturated carbocycles. The fraction of sp³-hybridized carbons (Fsp3) is 0.500. The van der Waals surface area contributed by atoms with E-state index in [9.17, 15) is 0 Å². The number of thiocarbonyl (C=S) groups is 1. The molecule has 0 amide bonds. The van der Waals surface area contributed by atoms with Crippen LogP contribution in [0.3, 0.4) is 0 Å². The van der Waals surface area contributed by atoms with Crippen LogP contribution >= 0.6 is 12.2 Å². The Hall–Kier alpha value is -1.14. The lowest BCUT2D eigenvalue weighted by Crippen LogP contribution is -2.69. The molecule has 0 bridgehead atoms. The molecule has 0 radical (unpaired) electrons. The quantitative estimate of drug-likeness (QED) is 0.419. The van der Waals surface area contributed by atoms with Crippen molar-refractivity contribution in [3.8, 4) is 0 Å². The second-order valence-electron chi connectivity index (χ2n) is 3.40. The van der Waals surface area contributed by atoms with Crippen LogP contribution in [-0.4, -0.2) is 26.1 Å². The molecule has 1 aromatic rings. The zero-order chi connectivity index (χ0) is 10.1. The van der Waals surface area contributed by atoms with E-state index in [2.05, 4.69) is 21.2 Å². The number of aryl methyl sites for hydroxylation is 1. The van der Waals surface area contributed by atoms with E-state index in [-0.39, 0.29) is 0 Å². The van der Waals surface area contributed by atoms with Crippen LogP contribution in [0.2, 0.25) is 0 Å². The van der Waals surface area contributed by atoms with E-state index >= 15 is 0 Å². The molecule has 6 heteroatoms. The fourth-order valence-electron chi connectivity index (χ4n) is 1.70. The van der Waals surface area contributed by atoms with Gasteiger partial charge in [0.25, 0.3) is 0 Å². The summed E-state index contributed by atoms with van der Waals surface area (Å²) in [5, 5.41) is 0.705. The summed E-state index contributed by atoms with van der Waals surface area (Å²) in [7, 11) is 2.01. The molecule has 5 nitrogen and oxygen atoms in total. The van der Waals surface area contributed by atoms with Gasteiger partial charge in [-0.05, 0) is 12.2 Å². The minimum Gasteiger partial charge on any atom is -0.339 e. The predicted molar refractivity (Wildman–Crippen MR) is 55.9 cm³/mol. The molecule has 0 atom stereocenters. The molecule has 2 rings (SSSR count). The molecule has 0 fully saturated rings. The van der Waals surface area contributed by atoms with Crippen LogP contribution in [0.5, 0.6) is 0 Å². The molecular weight excluding hydrogens is 198 g/mol. The van der Waals surface area contributed by atoms with Gasteiger partial charge in [0.05, 0.1) is 24.3 Å². The Morgan fingerprint density at radius 2 is 2.50 bits per heavy atom. The molecule has 76 valence electrons. The zero-order valence-electron chi connectivity index (χ0n) is 8.16. The summed E-state index contributed by atoms with van der Waals surface area (Å²) in [4.78, 5) is 6.44. The van der Waals surface area contributed by atoms with Crippen molar-refractivity contribution in [2.24, 2.45) is 7.05 Å². The first-order chi connectivity index (χ1) is 6.72. The van der Waals surface area contributed by atoms with Crippen molar-refractivity contribution >= 4 is 17.3 Å². The Morgan fingerprint density at radius 1 is 1.71 bits per heavy atom. The highest BCUT2D eigenvalue weighted by Crippen LogP contribution is 2.16. The standard InChI is InChI=1S/C8H13N5S/c1-12-5-10-6-2-3-13(4-7(6)12)8(14)11-9/h5H,2-4,9H2,1H3,(H,11,14)/p+1. The highest BCUT2D eigenvalue weighted by Gasteiger charge is 2.21. The first-order valence-electron chi connectivity index (χ1n) is 4.53. The van der Waals surface area contributed by atoms with Crippen LogP contribution in [0.25, 0.3) is 0 Å². The van der Waals surface area contributed by atoms with Crippen LogP contribution in [0, 0.1) is 0 Å². The van der Waals surface area contributed by atoms with Crippen LogP contribution in [-0.2, 0) is 20.0 Å². The summed E-state index contributed by atoms with van der Waals surface area (Å²) < 4.78 is 2.05. The summed E-state index contributed by atoms with van der Waals surface area (Å²) >= 11 is 5.14. The van der Waals surface area contributed by atoms with Gasteiger partial charge in [-0.1, -0.05) is 0 Å².